The monoisotopic (exact) mass is 358 g/mol. The predicted octanol–water partition coefficient (Wildman–Crippen LogP) is 2.37. The number of piperidine rings is 1. The van der Waals surface area contributed by atoms with E-state index in [4.69, 9.17) is 27.9 Å². The molecule has 0 bridgehead atoms. The molecular weight excluding hydrogens is 339 g/mol. The van der Waals surface area contributed by atoms with E-state index in [0.717, 1.165) is 5.75 Å². The summed E-state index contributed by atoms with van der Waals surface area (Å²) in [6, 6.07) is 9.44. The molecule has 0 saturated carbocycles. The number of ether oxygens (including phenoxy) is 1. The van der Waals surface area contributed by atoms with Gasteiger partial charge in [-0.05, 0) is 25.0 Å². The first kappa shape index (κ1) is 17.9. The first-order valence-corrected chi connectivity index (χ1v) is 8.47. The fraction of sp³-hybridized carbons (Fsp3) is 0.500. The van der Waals surface area contributed by atoms with Gasteiger partial charge in [0.25, 0.3) is 5.91 Å². The topological polar surface area (TPSA) is 58.6 Å². The van der Waals surface area contributed by atoms with E-state index in [1.54, 1.807) is 4.90 Å². The van der Waals surface area contributed by atoms with Gasteiger partial charge >= 0.3 is 0 Å². The number of nitrogens with zero attached hydrogens (tertiary/aromatic N) is 1. The van der Waals surface area contributed by atoms with Gasteiger partial charge in [-0.2, -0.15) is 0 Å². The number of nitrogens with one attached hydrogen (secondary N) is 1. The second kappa shape index (κ2) is 8.99. The molecule has 1 saturated heterocycles. The smallest absolute Gasteiger partial charge is 0.253 e. The molecule has 5 nitrogen and oxygen atoms in total. The molecule has 0 unspecified atom stereocenters. The number of amides is 2. The zero-order valence-electron chi connectivity index (χ0n) is 12.7. The van der Waals surface area contributed by atoms with Gasteiger partial charge < -0.3 is 15.0 Å². The van der Waals surface area contributed by atoms with Gasteiger partial charge in [0.1, 0.15) is 5.75 Å². The van der Waals surface area contributed by atoms with Crippen LogP contribution < -0.4 is 10.1 Å². The number of rotatable bonds is 6. The van der Waals surface area contributed by atoms with Crippen molar-refractivity contribution in [2.24, 2.45) is 0 Å². The summed E-state index contributed by atoms with van der Waals surface area (Å²) in [6.07, 6.45) is 1.76. The highest BCUT2D eigenvalue weighted by molar-refractivity contribution is 6.53. The number of benzene rings is 1. The maximum atomic E-state index is 12.1. The molecular formula is C16H20Cl2N2O3. The van der Waals surface area contributed by atoms with E-state index in [2.05, 4.69) is 5.32 Å². The maximum absolute atomic E-state index is 12.1. The van der Waals surface area contributed by atoms with Gasteiger partial charge in [-0.3, -0.25) is 9.59 Å². The second-order valence-electron chi connectivity index (χ2n) is 5.38. The van der Waals surface area contributed by atoms with Crippen molar-refractivity contribution in [1.29, 1.82) is 0 Å². The summed E-state index contributed by atoms with van der Waals surface area (Å²) in [5, 5.41) is 2.78. The Hall–Kier alpha value is -1.46. The van der Waals surface area contributed by atoms with Crippen molar-refractivity contribution in [3.8, 4) is 5.75 Å². The summed E-state index contributed by atoms with van der Waals surface area (Å²) < 4.78 is 5.53. The Morgan fingerprint density at radius 1 is 1.22 bits per heavy atom. The number of carbonyl (C=O) groups is 2. The van der Waals surface area contributed by atoms with Crippen LogP contribution in [0.1, 0.15) is 19.3 Å². The van der Waals surface area contributed by atoms with Crippen LogP contribution in [0.15, 0.2) is 30.3 Å². The molecule has 1 fully saturated rings. The van der Waals surface area contributed by atoms with E-state index in [1.807, 2.05) is 30.3 Å². The van der Waals surface area contributed by atoms with Gasteiger partial charge in [-0.1, -0.05) is 41.4 Å². The number of likely N-dealkylation sites (tertiary alicyclic amines) is 1. The van der Waals surface area contributed by atoms with E-state index in [9.17, 15) is 9.59 Å². The Balaban J connectivity index is 1.66. The van der Waals surface area contributed by atoms with Crippen LogP contribution in [0.25, 0.3) is 0 Å². The lowest BCUT2D eigenvalue weighted by Crippen LogP contribution is -2.47. The number of hydrogen-bond acceptors (Lipinski definition) is 3. The molecule has 7 heteroatoms. The summed E-state index contributed by atoms with van der Waals surface area (Å²) in [5.41, 5.74) is 0. The Kier molecular flexibility index (Phi) is 6.99. The molecule has 0 aliphatic carbocycles. The third-order valence-corrected chi connectivity index (χ3v) is 4.12. The Morgan fingerprint density at radius 3 is 2.48 bits per heavy atom. The van der Waals surface area contributed by atoms with E-state index >= 15 is 0 Å². The third-order valence-electron chi connectivity index (χ3n) is 3.72. The molecule has 126 valence electrons. The SMILES string of the molecule is O=C(NC1CCN(C(=O)CCOc2ccccc2)CC1)C(Cl)Cl. The highest BCUT2D eigenvalue weighted by Crippen LogP contribution is 2.14. The summed E-state index contributed by atoms with van der Waals surface area (Å²) in [6.45, 7) is 1.59. The lowest BCUT2D eigenvalue weighted by Gasteiger charge is -2.32. The van der Waals surface area contributed by atoms with Crippen molar-refractivity contribution in [3.05, 3.63) is 30.3 Å². The molecule has 2 rings (SSSR count). The average Bonchev–Trinajstić information content (AvgIpc) is 2.56. The minimum Gasteiger partial charge on any atom is -0.493 e. The largest absolute Gasteiger partial charge is 0.493 e. The molecule has 1 N–H and O–H groups in total. The van der Waals surface area contributed by atoms with Crippen molar-refractivity contribution in [2.45, 2.75) is 30.1 Å². The van der Waals surface area contributed by atoms with Crippen molar-refractivity contribution in [3.63, 3.8) is 0 Å². The minimum atomic E-state index is -1.05. The number of carbonyl (C=O) groups excluding carboxylic acids is 2. The van der Waals surface area contributed by atoms with Crippen LogP contribution in [0, 0.1) is 0 Å². The Bertz CT molecular complexity index is 517. The van der Waals surface area contributed by atoms with Crippen molar-refractivity contribution >= 4 is 35.0 Å². The number of hydrogen-bond donors (Lipinski definition) is 1. The highest BCUT2D eigenvalue weighted by atomic mass is 35.5. The molecule has 2 amide bonds. The lowest BCUT2D eigenvalue weighted by molar-refractivity contribution is -0.132. The van der Waals surface area contributed by atoms with Gasteiger partial charge in [0, 0.05) is 19.1 Å². The molecule has 1 aliphatic rings. The lowest BCUT2D eigenvalue weighted by atomic mass is 10.0. The second-order valence-corrected chi connectivity index (χ2v) is 6.47. The van der Waals surface area contributed by atoms with Gasteiger partial charge in [-0.25, -0.2) is 0 Å². The number of alkyl halides is 2. The van der Waals surface area contributed by atoms with Crippen LogP contribution in [-0.4, -0.2) is 47.3 Å². The Labute approximate surface area is 145 Å². The number of para-hydroxylation sites is 1. The van der Waals surface area contributed by atoms with Gasteiger partial charge in [0.05, 0.1) is 13.0 Å². The highest BCUT2D eigenvalue weighted by Gasteiger charge is 2.25. The van der Waals surface area contributed by atoms with Gasteiger partial charge in [0.2, 0.25) is 5.91 Å². The summed E-state index contributed by atoms with van der Waals surface area (Å²) in [4.78, 5) is 24.3. The van der Waals surface area contributed by atoms with Crippen LogP contribution in [0.5, 0.6) is 5.75 Å². The van der Waals surface area contributed by atoms with E-state index < -0.39 is 4.84 Å². The van der Waals surface area contributed by atoms with Crippen LogP contribution >= 0.6 is 23.2 Å². The molecule has 0 atom stereocenters. The third kappa shape index (κ3) is 5.92. The normalized spacial score (nSPS) is 15.5. The van der Waals surface area contributed by atoms with Gasteiger partial charge in [0.15, 0.2) is 4.84 Å². The maximum Gasteiger partial charge on any atom is 0.253 e. The van der Waals surface area contributed by atoms with E-state index in [0.29, 0.717) is 39.0 Å². The van der Waals surface area contributed by atoms with Crippen LogP contribution in [0.2, 0.25) is 0 Å². The first-order valence-electron chi connectivity index (χ1n) is 7.60. The minimum absolute atomic E-state index is 0.0205. The molecule has 1 heterocycles. The summed E-state index contributed by atoms with van der Waals surface area (Å²) in [5.74, 6) is 0.450. The van der Waals surface area contributed by atoms with E-state index in [1.165, 1.54) is 0 Å². The number of halogens is 2. The molecule has 1 aromatic rings. The zero-order chi connectivity index (χ0) is 16.7. The first-order chi connectivity index (χ1) is 11.1. The van der Waals surface area contributed by atoms with Crippen LogP contribution in [-0.2, 0) is 9.59 Å². The summed E-state index contributed by atoms with van der Waals surface area (Å²) in [7, 11) is 0. The fourth-order valence-corrected chi connectivity index (χ4v) is 2.59. The predicted molar refractivity (Wildman–Crippen MR) is 89.8 cm³/mol. The van der Waals surface area contributed by atoms with Crippen molar-refractivity contribution in [2.75, 3.05) is 19.7 Å². The molecule has 0 spiro atoms. The van der Waals surface area contributed by atoms with Crippen LogP contribution in [0.4, 0.5) is 0 Å². The molecule has 1 aromatic carbocycles. The standard InChI is InChI=1S/C16H20Cl2N2O3/c17-15(18)16(22)19-12-6-9-20(10-7-12)14(21)8-11-23-13-4-2-1-3-5-13/h1-5,12,15H,6-11H2,(H,19,22). The Morgan fingerprint density at radius 2 is 1.87 bits per heavy atom. The summed E-state index contributed by atoms with van der Waals surface area (Å²) >= 11 is 11.0. The average molecular weight is 359 g/mol. The van der Waals surface area contributed by atoms with Crippen LogP contribution in [0.3, 0.4) is 0 Å². The quantitative estimate of drug-likeness (QED) is 0.794. The van der Waals surface area contributed by atoms with Gasteiger partial charge in [-0.15, -0.1) is 0 Å². The molecule has 1 aliphatic heterocycles. The van der Waals surface area contributed by atoms with Crippen molar-refractivity contribution < 1.29 is 14.3 Å². The van der Waals surface area contributed by atoms with Crippen molar-refractivity contribution in [1.82, 2.24) is 10.2 Å². The zero-order valence-corrected chi connectivity index (χ0v) is 14.2. The molecule has 0 radical (unpaired) electrons. The molecule has 23 heavy (non-hydrogen) atoms. The molecule has 0 aromatic heterocycles. The fourth-order valence-electron chi connectivity index (χ4n) is 2.47. The van der Waals surface area contributed by atoms with E-state index in [-0.39, 0.29) is 17.9 Å².